The first-order valence-electron chi connectivity index (χ1n) is 23.5. The van der Waals surface area contributed by atoms with Gasteiger partial charge in [-0.05, 0) is 63.6 Å². The van der Waals surface area contributed by atoms with Crippen molar-refractivity contribution in [3.05, 3.63) is 206 Å². The highest BCUT2D eigenvalue weighted by Crippen LogP contribution is 2.36. The van der Waals surface area contributed by atoms with Crippen LogP contribution in [0.25, 0.3) is 95.0 Å². The lowest BCUT2D eigenvalue weighted by Gasteiger charge is -2.10. The summed E-state index contributed by atoms with van der Waals surface area (Å²) >= 11 is 0. The van der Waals surface area contributed by atoms with E-state index in [9.17, 15) is 4.11 Å². The van der Waals surface area contributed by atoms with Crippen LogP contribution in [0, 0.1) is 0 Å². The molecule has 0 aliphatic heterocycles. The molecule has 10 aromatic rings. The molecule has 4 nitrogen and oxygen atoms in total. The molecule has 0 atom stereocenters. The third kappa shape index (κ3) is 6.16. The van der Waals surface area contributed by atoms with E-state index < -0.39 is 72.2 Å². The summed E-state index contributed by atoms with van der Waals surface area (Å²) in [5, 5.41) is -0.294. The Hall–Kier alpha value is -7.43. The van der Waals surface area contributed by atoms with Gasteiger partial charge < -0.3 is 4.57 Å². The quantitative estimate of drug-likeness (QED) is 0.165. The molecule has 258 valence electrons. The maximum atomic E-state index is 9.51. The van der Waals surface area contributed by atoms with Crippen molar-refractivity contribution in [2.75, 3.05) is 0 Å². The van der Waals surface area contributed by atoms with Crippen LogP contribution in [0.5, 0.6) is 0 Å². The fourth-order valence-electron chi connectivity index (χ4n) is 6.67. The topological polar surface area (TPSA) is 43.6 Å². The summed E-state index contributed by atoms with van der Waals surface area (Å²) in [6, 6.07) is 35.6. The van der Waals surface area contributed by atoms with Crippen molar-refractivity contribution in [2.24, 2.45) is 0 Å². The molecule has 0 radical (unpaired) electrons. The lowest BCUT2D eigenvalue weighted by molar-refractivity contribution is 1.07. The third-order valence-corrected chi connectivity index (χ3v) is 9.44. The highest BCUT2D eigenvalue weighted by atomic mass is 15.0. The minimum absolute atomic E-state index is 0.0153. The smallest absolute Gasteiger partial charge is 0.164 e. The summed E-state index contributed by atoms with van der Waals surface area (Å²) in [6.45, 7) is 0. The third-order valence-electron chi connectivity index (χ3n) is 9.44. The molecular formula is C51H34N4. The predicted octanol–water partition coefficient (Wildman–Crippen LogP) is 13.0. The lowest BCUT2D eigenvalue weighted by Crippen LogP contribution is -2.00. The van der Waals surface area contributed by atoms with Crippen molar-refractivity contribution in [1.82, 2.24) is 19.5 Å². The van der Waals surface area contributed by atoms with Gasteiger partial charge >= 0.3 is 0 Å². The van der Waals surface area contributed by atoms with E-state index in [1.54, 1.807) is 12.1 Å². The average Bonchev–Trinajstić information content (AvgIpc) is 3.72. The summed E-state index contributed by atoms with van der Waals surface area (Å²) in [6.07, 6.45) is 0. The highest BCUT2D eigenvalue weighted by Gasteiger charge is 2.15. The minimum Gasteiger partial charge on any atom is -0.309 e. The summed E-state index contributed by atoms with van der Waals surface area (Å²) in [7, 11) is 0. The average molecular weight is 715 g/mol. The summed E-state index contributed by atoms with van der Waals surface area (Å²) in [5.41, 5.74) is 5.67. The van der Waals surface area contributed by atoms with Crippen molar-refractivity contribution in [3.8, 4) is 73.2 Å². The van der Waals surface area contributed by atoms with Gasteiger partial charge in [-0.15, -0.1) is 0 Å². The maximum absolute atomic E-state index is 9.51. The molecule has 0 fully saturated rings. The molecule has 0 aliphatic carbocycles. The van der Waals surface area contributed by atoms with Gasteiger partial charge in [-0.3, -0.25) is 0 Å². The first-order valence-corrected chi connectivity index (χ1v) is 17.5. The van der Waals surface area contributed by atoms with Gasteiger partial charge in [0.15, 0.2) is 17.5 Å². The van der Waals surface area contributed by atoms with Crippen LogP contribution in [0.2, 0.25) is 0 Å². The van der Waals surface area contributed by atoms with Crippen LogP contribution in [0.4, 0.5) is 0 Å². The van der Waals surface area contributed by atoms with Crippen LogP contribution < -0.4 is 0 Å². The van der Waals surface area contributed by atoms with Gasteiger partial charge in [0.1, 0.15) is 0 Å². The summed E-state index contributed by atoms with van der Waals surface area (Å²) < 4.78 is 106. The van der Waals surface area contributed by atoms with Gasteiger partial charge in [-0.1, -0.05) is 176 Å². The van der Waals surface area contributed by atoms with Crippen molar-refractivity contribution in [1.29, 1.82) is 0 Å². The Morgan fingerprint density at radius 1 is 0.327 bits per heavy atom. The van der Waals surface area contributed by atoms with Gasteiger partial charge in [-0.2, -0.15) is 0 Å². The number of aromatic nitrogens is 4. The predicted molar refractivity (Wildman–Crippen MR) is 227 cm³/mol. The molecule has 55 heavy (non-hydrogen) atoms. The van der Waals surface area contributed by atoms with E-state index in [0.717, 1.165) is 43.5 Å². The molecule has 2 heterocycles. The standard InChI is InChI=1S/C51H34N4/c1-4-12-35(13-5-1)36-24-28-41(29-25-36)50-52-49(40-14-6-2-7-15-40)53-51(54-50)42-30-26-38(27-31-42)37-20-22-39(23-21-37)43-32-33-48-46(34-43)45-18-10-11-19-47(45)55(48)44-16-8-3-9-17-44/h1-34H/i3D,8D,9D,10D,11D,16D,17D,18D,19D,32D,33D,34D. The van der Waals surface area contributed by atoms with E-state index in [1.807, 2.05) is 109 Å². The largest absolute Gasteiger partial charge is 0.309 e. The Bertz CT molecular complexity index is 3590. The number of para-hydroxylation sites is 2. The molecule has 2 aromatic heterocycles. The van der Waals surface area contributed by atoms with Crippen LogP contribution in [-0.4, -0.2) is 19.5 Å². The van der Waals surface area contributed by atoms with Crippen LogP contribution >= 0.6 is 0 Å². The number of fused-ring (bicyclic) bond motifs is 3. The van der Waals surface area contributed by atoms with E-state index >= 15 is 0 Å². The minimum atomic E-state index is -0.694. The monoisotopic (exact) mass is 714 g/mol. The zero-order valence-corrected chi connectivity index (χ0v) is 29.0. The fourth-order valence-corrected chi connectivity index (χ4v) is 6.67. The van der Waals surface area contributed by atoms with Crippen LogP contribution in [0.3, 0.4) is 0 Å². The van der Waals surface area contributed by atoms with Crippen LogP contribution in [0.15, 0.2) is 206 Å². The Balaban J connectivity index is 1.04. The maximum Gasteiger partial charge on any atom is 0.164 e. The Kier molecular flexibility index (Phi) is 5.52. The van der Waals surface area contributed by atoms with Crippen molar-refractivity contribution in [3.63, 3.8) is 0 Å². The Morgan fingerprint density at radius 3 is 1.27 bits per heavy atom. The molecule has 0 aliphatic rings. The second-order valence-corrected chi connectivity index (χ2v) is 12.8. The second kappa shape index (κ2) is 13.8. The van der Waals surface area contributed by atoms with Crippen LogP contribution in [0.1, 0.15) is 16.4 Å². The molecule has 10 rings (SSSR count). The van der Waals surface area contributed by atoms with Gasteiger partial charge in [0, 0.05) is 33.2 Å². The van der Waals surface area contributed by atoms with E-state index in [-0.39, 0.29) is 33.4 Å². The summed E-state index contributed by atoms with van der Waals surface area (Å²) in [5.74, 6) is 1.55. The SMILES string of the molecule is [2H]c1c([2H])c([2H])c(-n2c3c([2H])c([2H])c([2H])c([2H])c3c3c([2H])c(-c4ccc(-c5ccc(-c6nc(-c7ccccc7)nc(-c7ccc(-c8ccccc8)cc7)n6)cc5)cc4)c([2H])c([2H])c32)c([2H])c1[2H]. The van der Waals surface area contributed by atoms with Crippen molar-refractivity contribution >= 4 is 21.8 Å². The first kappa shape index (κ1) is 21.9. The van der Waals surface area contributed by atoms with Crippen molar-refractivity contribution in [2.45, 2.75) is 0 Å². The molecule has 0 saturated heterocycles. The normalized spacial score (nSPS) is 14.3. The lowest BCUT2D eigenvalue weighted by atomic mass is 9.98. The molecule has 0 N–H and O–H groups in total. The first-order chi connectivity index (χ1) is 32.2. The van der Waals surface area contributed by atoms with Crippen LogP contribution in [-0.2, 0) is 0 Å². The fraction of sp³-hybridized carbons (Fsp3) is 0. The Morgan fingerprint density at radius 2 is 0.727 bits per heavy atom. The second-order valence-electron chi connectivity index (χ2n) is 12.8. The highest BCUT2D eigenvalue weighted by molar-refractivity contribution is 6.10. The zero-order chi connectivity index (χ0) is 47.0. The molecule has 0 saturated carbocycles. The van der Waals surface area contributed by atoms with Gasteiger partial charge in [0.2, 0.25) is 0 Å². The number of hydrogen-bond donors (Lipinski definition) is 0. The molecule has 0 spiro atoms. The number of hydrogen-bond acceptors (Lipinski definition) is 3. The van der Waals surface area contributed by atoms with E-state index in [2.05, 4.69) is 12.1 Å². The van der Waals surface area contributed by atoms with Gasteiger partial charge in [-0.25, -0.2) is 15.0 Å². The summed E-state index contributed by atoms with van der Waals surface area (Å²) in [4.78, 5) is 14.7. The molecule has 0 amide bonds. The number of benzene rings is 8. The van der Waals surface area contributed by atoms with E-state index in [4.69, 9.17) is 27.3 Å². The molecule has 4 heteroatoms. The molecule has 8 aromatic carbocycles. The molecule has 0 bridgehead atoms. The van der Waals surface area contributed by atoms with Gasteiger partial charge in [0.25, 0.3) is 0 Å². The molecular weight excluding hydrogens is 669 g/mol. The zero-order valence-electron chi connectivity index (χ0n) is 41.0. The van der Waals surface area contributed by atoms with Gasteiger partial charge in [0.05, 0.1) is 27.5 Å². The van der Waals surface area contributed by atoms with Crippen molar-refractivity contribution < 1.29 is 16.4 Å². The number of nitrogens with zero attached hydrogens (tertiary/aromatic N) is 4. The van der Waals surface area contributed by atoms with E-state index in [1.165, 1.54) is 0 Å². The number of rotatable bonds is 7. The molecule has 0 unspecified atom stereocenters. The van der Waals surface area contributed by atoms with E-state index in [0.29, 0.717) is 23.0 Å². The Labute approximate surface area is 336 Å².